The van der Waals surface area contributed by atoms with E-state index in [4.69, 9.17) is 10.5 Å². The number of pyridine rings is 1. The minimum Gasteiger partial charge on any atom is -0.492 e. The van der Waals surface area contributed by atoms with Crippen LogP contribution in [0.15, 0.2) is 17.1 Å². The number of benzene rings is 1. The van der Waals surface area contributed by atoms with Crippen LogP contribution in [-0.2, 0) is 0 Å². The highest BCUT2D eigenvalue weighted by molar-refractivity contribution is 5.97. The van der Waals surface area contributed by atoms with Crippen molar-refractivity contribution in [1.29, 1.82) is 0 Å². The summed E-state index contributed by atoms with van der Waals surface area (Å²) in [5.41, 5.74) is 5.57. The number of piperidine rings is 1. The van der Waals surface area contributed by atoms with Crippen molar-refractivity contribution in [2.75, 3.05) is 31.6 Å². The summed E-state index contributed by atoms with van der Waals surface area (Å²) in [5.74, 6) is -1.34. The van der Waals surface area contributed by atoms with E-state index in [0.29, 0.717) is 30.8 Å². The minimum absolute atomic E-state index is 0.0392. The maximum absolute atomic E-state index is 15.2. The quantitative estimate of drug-likeness (QED) is 0.815. The molecular formula is C20H24FN3O4. The Labute approximate surface area is 161 Å². The van der Waals surface area contributed by atoms with Crippen LogP contribution in [-0.4, -0.2) is 42.4 Å². The van der Waals surface area contributed by atoms with Gasteiger partial charge in [-0.25, -0.2) is 9.18 Å². The van der Waals surface area contributed by atoms with E-state index in [1.54, 1.807) is 4.57 Å². The van der Waals surface area contributed by atoms with Gasteiger partial charge in [-0.3, -0.25) is 4.79 Å². The lowest BCUT2D eigenvalue weighted by atomic mass is 9.97. The molecule has 2 aliphatic rings. The number of aromatic carboxylic acids is 1. The largest absolute Gasteiger partial charge is 0.492 e. The Balaban J connectivity index is 1.99. The molecular weight excluding hydrogens is 365 g/mol. The van der Waals surface area contributed by atoms with Crippen molar-refractivity contribution in [2.24, 2.45) is 11.7 Å². The number of nitrogens with two attached hydrogens (primary N) is 1. The monoisotopic (exact) mass is 389 g/mol. The summed E-state index contributed by atoms with van der Waals surface area (Å²) >= 11 is 0. The molecule has 1 saturated carbocycles. The van der Waals surface area contributed by atoms with Gasteiger partial charge in [-0.1, -0.05) is 0 Å². The number of fused-ring (bicyclic) bond motifs is 1. The number of hydrogen-bond donors (Lipinski definition) is 2. The van der Waals surface area contributed by atoms with Crippen LogP contribution in [0.5, 0.6) is 5.75 Å². The third-order valence-electron chi connectivity index (χ3n) is 5.74. The molecule has 4 rings (SSSR count). The number of carboxylic acid groups (broad SMARTS) is 1. The number of rotatable bonds is 5. The average molecular weight is 389 g/mol. The highest BCUT2D eigenvalue weighted by atomic mass is 19.1. The molecule has 1 unspecified atom stereocenters. The summed E-state index contributed by atoms with van der Waals surface area (Å²) < 4.78 is 22.6. The molecule has 1 atom stereocenters. The molecule has 1 aliphatic heterocycles. The van der Waals surface area contributed by atoms with Crippen molar-refractivity contribution >= 4 is 22.6 Å². The van der Waals surface area contributed by atoms with Crippen LogP contribution in [0.3, 0.4) is 0 Å². The van der Waals surface area contributed by atoms with E-state index >= 15 is 4.39 Å². The molecule has 150 valence electrons. The van der Waals surface area contributed by atoms with E-state index in [0.717, 1.165) is 31.7 Å². The Morgan fingerprint density at radius 1 is 1.39 bits per heavy atom. The van der Waals surface area contributed by atoms with E-state index in [9.17, 15) is 14.7 Å². The SMILES string of the molecule is COc1c(N2CCCC(CN)C2)c(F)cc2c(=O)c(C(=O)O)cn(C3CC3)c12. The molecule has 1 saturated heterocycles. The maximum Gasteiger partial charge on any atom is 0.341 e. The molecule has 7 nitrogen and oxygen atoms in total. The molecule has 1 aromatic heterocycles. The molecule has 1 aliphatic carbocycles. The van der Waals surface area contributed by atoms with Crippen LogP contribution in [0.1, 0.15) is 42.1 Å². The summed E-state index contributed by atoms with van der Waals surface area (Å²) in [6.07, 6.45) is 5.03. The van der Waals surface area contributed by atoms with Crippen molar-refractivity contribution in [2.45, 2.75) is 31.7 Å². The number of methoxy groups -OCH3 is 1. The molecule has 2 aromatic rings. The fourth-order valence-corrected chi connectivity index (χ4v) is 4.18. The van der Waals surface area contributed by atoms with E-state index in [2.05, 4.69) is 0 Å². The predicted octanol–water partition coefficient (Wildman–Crippen LogP) is 2.36. The maximum atomic E-state index is 15.2. The molecule has 2 heterocycles. The van der Waals surface area contributed by atoms with Gasteiger partial charge in [0.1, 0.15) is 11.3 Å². The number of halogens is 1. The first-order valence-electron chi connectivity index (χ1n) is 9.59. The smallest absolute Gasteiger partial charge is 0.341 e. The van der Waals surface area contributed by atoms with E-state index in [-0.39, 0.29) is 28.7 Å². The molecule has 28 heavy (non-hydrogen) atoms. The molecule has 2 fully saturated rings. The fraction of sp³-hybridized carbons (Fsp3) is 0.500. The lowest BCUT2D eigenvalue weighted by Crippen LogP contribution is -2.39. The highest BCUT2D eigenvalue weighted by Gasteiger charge is 2.32. The van der Waals surface area contributed by atoms with Gasteiger partial charge in [0.2, 0.25) is 5.43 Å². The van der Waals surface area contributed by atoms with Gasteiger partial charge in [0.25, 0.3) is 0 Å². The van der Waals surface area contributed by atoms with Crippen molar-refractivity contribution in [3.8, 4) is 5.75 Å². The fourth-order valence-electron chi connectivity index (χ4n) is 4.18. The second-order valence-electron chi connectivity index (χ2n) is 7.64. The molecule has 3 N–H and O–H groups in total. The van der Waals surface area contributed by atoms with E-state index in [1.165, 1.54) is 13.3 Å². The van der Waals surface area contributed by atoms with Gasteiger partial charge in [-0.2, -0.15) is 0 Å². The standard InChI is InChI=1S/C20H24FN3O4/c1-28-19-16-13(18(25)14(20(26)27)10-24(16)12-4-5-12)7-15(21)17(19)23-6-2-3-11(8-22)9-23/h7,10-12H,2-6,8-9,22H2,1H3,(H,26,27). The summed E-state index contributed by atoms with van der Waals surface area (Å²) in [6, 6.07) is 1.25. The number of ether oxygens (including phenoxy) is 1. The number of carboxylic acids is 1. The van der Waals surface area contributed by atoms with Crippen LogP contribution < -0.4 is 20.8 Å². The molecule has 0 spiro atoms. The third kappa shape index (κ3) is 3.01. The van der Waals surface area contributed by atoms with Crippen molar-refractivity contribution in [1.82, 2.24) is 4.57 Å². The van der Waals surface area contributed by atoms with Gasteiger partial charge < -0.3 is 25.0 Å². The van der Waals surface area contributed by atoms with Gasteiger partial charge in [0, 0.05) is 25.3 Å². The van der Waals surface area contributed by atoms with E-state index in [1.807, 2.05) is 4.90 Å². The van der Waals surface area contributed by atoms with Gasteiger partial charge >= 0.3 is 5.97 Å². The molecule has 0 radical (unpaired) electrons. The Morgan fingerprint density at radius 2 is 2.14 bits per heavy atom. The van der Waals surface area contributed by atoms with Gasteiger partial charge in [-0.15, -0.1) is 0 Å². The van der Waals surface area contributed by atoms with Crippen LogP contribution >= 0.6 is 0 Å². The summed E-state index contributed by atoms with van der Waals surface area (Å²) in [7, 11) is 1.45. The van der Waals surface area contributed by atoms with Crippen molar-refractivity contribution in [3.63, 3.8) is 0 Å². The Morgan fingerprint density at radius 3 is 2.75 bits per heavy atom. The van der Waals surface area contributed by atoms with Gasteiger partial charge in [0.05, 0.1) is 18.0 Å². The topological polar surface area (TPSA) is 97.8 Å². The second-order valence-corrected chi connectivity index (χ2v) is 7.64. The first-order valence-corrected chi connectivity index (χ1v) is 9.59. The predicted molar refractivity (Wildman–Crippen MR) is 104 cm³/mol. The Kier molecular flexibility index (Phi) is 4.74. The summed E-state index contributed by atoms with van der Waals surface area (Å²) in [5, 5.41) is 9.44. The summed E-state index contributed by atoms with van der Waals surface area (Å²) in [4.78, 5) is 26.2. The molecule has 8 heteroatoms. The number of hydrogen-bond acceptors (Lipinski definition) is 5. The Bertz CT molecular complexity index is 999. The Hall–Kier alpha value is -2.61. The van der Waals surface area contributed by atoms with Crippen LogP contribution in [0, 0.1) is 11.7 Å². The molecule has 0 bridgehead atoms. The lowest BCUT2D eigenvalue weighted by Gasteiger charge is -2.35. The zero-order valence-electron chi connectivity index (χ0n) is 15.8. The molecule has 1 aromatic carbocycles. The van der Waals surface area contributed by atoms with E-state index < -0.39 is 17.2 Å². The zero-order chi connectivity index (χ0) is 20.0. The second kappa shape index (κ2) is 7.09. The number of carbonyl (C=O) groups is 1. The number of nitrogens with zero attached hydrogens (tertiary/aromatic N) is 2. The van der Waals surface area contributed by atoms with Gasteiger partial charge in [-0.05, 0) is 44.2 Å². The van der Waals surface area contributed by atoms with Gasteiger partial charge in [0.15, 0.2) is 11.6 Å². The third-order valence-corrected chi connectivity index (χ3v) is 5.74. The summed E-state index contributed by atoms with van der Waals surface area (Å²) in [6.45, 7) is 1.83. The lowest BCUT2D eigenvalue weighted by molar-refractivity contribution is 0.0695. The number of aromatic nitrogens is 1. The minimum atomic E-state index is -1.31. The van der Waals surface area contributed by atoms with Crippen molar-refractivity contribution < 1.29 is 19.0 Å². The van der Waals surface area contributed by atoms with Crippen molar-refractivity contribution in [3.05, 3.63) is 33.9 Å². The first kappa shape index (κ1) is 18.7. The van der Waals surface area contributed by atoms with Crippen LogP contribution in [0.4, 0.5) is 10.1 Å². The number of anilines is 1. The zero-order valence-corrected chi connectivity index (χ0v) is 15.8. The molecule has 0 amide bonds. The van der Waals surface area contributed by atoms with Crippen LogP contribution in [0.25, 0.3) is 10.9 Å². The first-order chi connectivity index (χ1) is 13.5. The van der Waals surface area contributed by atoms with Crippen LogP contribution in [0.2, 0.25) is 0 Å². The normalized spacial score (nSPS) is 19.8. The average Bonchev–Trinajstić information content (AvgIpc) is 3.52. The highest BCUT2D eigenvalue weighted by Crippen LogP contribution is 2.44.